The van der Waals surface area contributed by atoms with Gasteiger partial charge in [-0.05, 0) is 54.8 Å². The molecule has 0 radical (unpaired) electrons. The first-order valence-corrected chi connectivity index (χ1v) is 7.66. The number of hydrogen-bond donors (Lipinski definition) is 1. The van der Waals surface area contributed by atoms with Gasteiger partial charge in [-0.3, -0.25) is 4.79 Å². The Bertz CT molecular complexity index is 440. The van der Waals surface area contributed by atoms with Crippen LogP contribution in [0.1, 0.15) is 37.0 Å². The lowest BCUT2D eigenvalue weighted by molar-refractivity contribution is 0.0900. The molecule has 19 heavy (non-hydrogen) atoms. The molecule has 3 nitrogen and oxygen atoms in total. The molecule has 0 unspecified atom stereocenters. The van der Waals surface area contributed by atoms with Crippen LogP contribution >= 0.6 is 15.9 Å². The number of halogens is 1. The van der Waals surface area contributed by atoms with Crippen molar-refractivity contribution in [3.05, 3.63) is 34.3 Å². The van der Waals surface area contributed by atoms with Gasteiger partial charge in [0.25, 0.3) is 5.91 Å². The van der Waals surface area contributed by atoms with Crippen LogP contribution in [0.5, 0.6) is 0 Å². The summed E-state index contributed by atoms with van der Waals surface area (Å²) in [5.74, 6) is 0.0236. The van der Waals surface area contributed by atoms with Crippen molar-refractivity contribution in [1.29, 1.82) is 0 Å². The number of carbonyl (C=O) groups excluding carboxylic acids is 1. The second-order valence-corrected chi connectivity index (χ2v) is 6.21. The summed E-state index contributed by atoms with van der Waals surface area (Å²) in [6.07, 6.45) is 2.07. The van der Waals surface area contributed by atoms with Crippen LogP contribution in [-0.2, 0) is 0 Å². The van der Waals surface area contributed by atoms with Crippen molar-refractivity contribution < 1.29 is 4.79 Å². The summed E-state index contributed by atoms with van der Waals surface area (Å²) in [6, 6.07) is 8.46. The van der Waals surface area contributed by atoms with Gasteiger partial charge >= 0.3 is 0 Å². The largest absolute Gasteiger partial charge is 0.349 e. The summed E-state index contributed by atoms with van der Waals surface area (Å²) in [7, 11) is 0. The third kappa shape index (κ3) is 3.80. The van der Waals surface area contributed by atoms with Crippen LogP contribution in [0.25, 0.3) is 0 Å². The SMILES string of the molecule is CC(C)N1CCC(NC(=O)c2ccccc2Br)CC1. The highest BCUT2D eigenvalue weighted by Crippen LogP contribution is 2.17. The van der Waals surface area contributed by atoms with E-state index >= 15 is 0 Å². The number of amides is 1. The summed E-state index contributed by atoms with van der Waals surface area (Å²) in [6.45, 7) is 6.58. The van der Waals surface area contributed by atoms with Crippen molar-refractivity contribution in [2.75, 3.05) is 13.1 Å². The van der Waals surface area contributed by atoms with E-state index in [2.05, 4.69) is 40.0 Å². The van der Waals surface area contributed by atoms with Gasteiger partial charge in [0.2, 0.25) is 0 Å². The van der Waals surface area contributed by atoms with Gasteiger partial charge in [-0.2, -0.15) is 0 Å². The Morgan fingerprint density at radius 2 is 1.95 bits per heavy atom. The lowest BCUT2D eigenvalue weighted by Gasteiger charge is -2.34. The molecule has 1 saturated heterocycles. The first-order chi connectivity index (χ1) is 9.08. The fourth-order valence-corrected chi connectivity index (χ4v) is 2.93. The maximum absolute atomic E-state index is 12.2. The van der Waals surface area contributed by atoms with Gasteiger partial charge < -0.3 is 10.2 Å². The van der Waals surface area contributed by atoms with E-state index < -0.39 is 0 Å². The van der Waals surface area contributed by atoms with Crippen LogP contribution in [-0.4, -0.2) is 36.0 Å². The number of hydrogen-bond acceptors (Lipinski definition) is 2. The van der Waals surface area contributed by atoms with Crippen LogP contribution in [0.4, 0.5) is 0 Å². The number of benzene rings is 1. The summed E-state index contributed by atoms with van der Waals surface area (Å²) < 4.78 is 0.854. The van der Waals surface area contributed by atoms with E-state index in [1.807, 2.05) is 24.3 Å². The third-order valence-electron chi connectivity index (χ3n) is 3.71. The minimum absolute atomic E-state index is 0.0236. The van der Waals surface area contributed by atoms with Gasteiger partial charge in [0.05, 0.1) is 5.56 Å². The molecule has 0 spiro atoms. The minimum Gasteiger partial charge on any atom is -0.349 e. The van der Waals surface area contributed by atoms with Crippen molar-refractivity contribution >= 4 is 21.8 Å². The zero-order valence-electron chi connectivity index (χ0n) is 11.5. The van der Waals surface area contributed by atoms with E-state index in [0.717, 1.165) is 30.4 Å². The first kappa shape index (κ1) is 14.5. The molecule has 4 heteroatoms. The van der Waals surface area contributed by atoms with Gasteiger partial charge in [-0.1, -0.05) is 12.1 Å². The number of nitrogens with one attached hydrogen (secondary N) is 1. The van der Waals surface area contributed by atoms with E-state index in [9.17, 15) is 4.79 Å². The summed E-state index contributed by atoms with van der Waals surface area (Å²) in [5, 5.41) is 3.14. The monoisotopic (exact) mass is 324 g/mol. The zero-order chi connectivity index (χ0) is 13.8. The lowest BCUT2D eigenvalue weighted by Crippen LogP contribution is -2.46. The molecule has 1 aliphatic rings. The number of carbonyl (C=O) groups is 1. The van der Waals surface area contributed by atoms with Gasteiger partial charge in [0.1, 0.15) is 0 Å². The molecule has 1 heterocycles. The van der Waals surface area contributed by atoms with E-state index in [-0.39, 0.29) is 5.91 Å². The van der Waals surface area contributed by atoms with E-state index in [0.29, 0.717) is 17.6 Å². The lowest BCUT2D eigenvalue weighted by atomic mass is 10.0. The molecule has 0 bridgehead atoms. The smallest absolute Gasteiger partial charge is 0.252 e. The average Bonchev–Trinajstić information content (AvgIpc) is 2.39. The van der Waals surface area contributed by atoms with E-state index in [4.69, 9.17) is 0 Å². The van der Waals surface area contributed by atoms with Gasteiger partial charge in [-0.25, -0.2) is 0 Å². The Kier molecular flexibility index (Phi) is 4.99. The van der Waals surface area contributed by atoms with Crippen molar-refractivity contribution in [1.82, 2.24) is 10.2 Å². The molecular formula is C15H21BrN2O. The molecule has 104 valence electrons. The average molecular weight is 325 g/mol. The fourth-order valence-electron chi connectivity index (χ4n) is 2.47. The first-order valence-electron chi connectivity index (χ1n) is 6.87. The molecule has 1 aromatic carbocycles. The Morgan fingerprint density at radius 1 is 1.32 bits per heavy atom. The molecule has 1 N–H and O–H groups in total. The van der Waals surface area contributed by atoms with Crippen molar-refractivity contribution in [3.8, 4) is 0 Å². The summed E-state index contributed by atoms with van der Waals surface area (Å²) in [5.41, 5.74) is 0.716. The molecule has 0 atom stereocenters. The normalized spacial score (nSPS) is 17.7. The van der Waals surface area contributed by atoms with Gasteiger partial charge in [0.15, 0.2) is 0 Å². The molecule has 0 aromatic heterocycles. The topological polar surface area (TPSA) is 32.3 Å². The highest BCUT2D eigenvalue weighted by atomic mass is 79.9. The minimum atomic E-state index is 0.0236. The molecule has 1 aromatic rings. The Morgan fingerprint density at radius 3 is 2.53 bits per heavy atom. The summed E-state index contributed by atoms with van der Waals surface area (Å²) in [4.78, 5) is 14.7. The Hall–Kier alpha value is -0.870. The predicted molar refractivity (Wildman–Crippen MR) is 81.3 cm³/mol. The Labute approximate surface area is 123 Å². The molecule has 1 fully saturated rings. The number of nitrogens with zero attached hydrogens (tertiary/aromatic N) is 1. The highest BCUT2D eigenvalue weighted by molar-refractivity contribution is 9.10. The molecule has 0 saturated carbocycles. The second-order valence-electron chi connectivity index (χ2n) is 5.36. The number of rotatable bonds is 3. The predicted octanol–water partition coefficient (Wildman–Crippen LogP) is 3.05. The molecule has 0 aliphatic carbocycles. The standard InChI is InChI=1S/C15H21BrN2O/c1-11(2)18-9-7-12(8-10-18)17-15(19)13-5-3-4-6-14(13)16/h3-6,11-12H,7-10H2,1-2H3,(H,17,19). The second kappa shape index (κ2) is 6.53. The maximum atomic E-state index is 12.2. The van der Waals surface area contributed by atoms with Crippen molar-refractivity contribution in [2.45, 2.75) is 38.8 Å². The number of piperidine rings is 1. The Balaban J connectivity index is 1.89. The zero-order valence-corrected chi connectivity index (χ0v) is 13.1. The highest BCUT2D eigenvalue weighted by Gasteiger charge is 2.22. The van der Waals surface area contributed by atoms with E-state index in [1.165, 1.54) is 0 Å². The van der Waals surface area contributed by atoms with Crippen LogP contribution in [0.2, 0.25) is 0 Å². The fraction of sp³-hybridized carbons (Fsp3) is 0.533. The molecular weight excluding hydrogens is 304 g/mol. The summed E-state index contributed by atoms with van der Waals surface area (Å²) >= 11 is 3.42. The molecule has 2 rings (SSSR count). The molecule has 1 amide bonds. The van der Waals surface area contributed by atoms with Gasteiger partial charge in [0, 0.05) is 29.6 Å². The number of likely N-dealkylation sites (tertiary alicyclic amines) is 1. The maximum Gasteiger partial charge on any atom is 0.252 e. The van der Waals surface area contributed by atoms with Crippen LogP contribution in [0.3, 0.4) is 0 Å². The van der Waals surface area contributed by atoms with Crippen molar-refractivity contribution in [2.24, 2.45) is 0 Å². The van der Waals surface area contributed by atoms with Crippen LogP contribution in [0, 0.1) is 0 Å². The van der Waals surface area contributed by atoms with Crippen LogP contribution < -0.4 is 5.32 Å². The van der Waals surface area contributed by atoms with E-state index in [1.54, 1.807) is 0 Å². The molecule has 1 aliphatic heterocycles. The third-order valence-corrected chi connectivity index (χ3v) is 4.41. The quantitative estimate of drug-likeness (QED) is 0.926. The van der Waals surface area contributed by atoms with Gasteiger partial charge in [-0.15, -0.1) is 0 Å². The van der Waals surface area contributed by atoms with Crippen molar-refractivity contribution in [3.63, 3.8) is 0 Å². The van der Waals surface area contributed by atoms with Crippen LogP contribution in [0.15, 0.2) is 28.7 Å².